The maximum Gasteiger partial charge on any atom is 0.268 e. The highest BCUT2D eigenvalue weighted by molar-refractivity contribution is 7.07. The highest BCUT2D eigenvalue weighted by Gasteiger charge is 2.59. The van der Waals surface area contributed by atoms with Gasteiger partial charge >= 0.3 is 0 Å². The number of carbonyl (C=O) groups excluding carboxylic acids is 3. The first kappa shape index (κ1) is 19.7. The number of thiazole rings is 1. The number of nitrogens with zero attached hydrogens (tertiary/aromatic N) is 3. The molecular weight excluding hydrogens is 445 g/mol. The predicted molar refractivity (Wildman–Crippen MR) is 113 cm³/mol. The molecule has 6 nitrogen and oxygen atoms in total. The molecule has 2 aromatic rings. The molecular formula is C21H17Cl2N3O3S. The van der Waals surface area contributed by atoms with E-state index in [-0.39, 0.29) is 42.0 Å². The van der Waals surface area contributed by atoms with Crippen molar-refractivity contribution in [2.45, 2.75) is 13.0 Å². The van der Waals surface area contributed by atoms with Crippen LogP contribution in [0.15, 0.2) is 46.9 Å². The molecule has 30 heavy (non-hydrogen) atoms. The average molecular weight is 462 g/mol. The van der Waals surface area contributed by atoms with Gasteiger partial charge in [0.25, 0.3) is 5.91 Å². The summed E-state index contributed by atoms with van der Waals surface area (Å²) in [6, 6.07) is 5.24. The topological polar surface area (TPSA) is 71.7 Å². The van der Waals surface area contributed by atoms with Gasteiger partial charge in [-0.1, -0.05) is 41.4 Å². The summed E-state index contributed by atoms with van der Waals surface area (Å²) in [4.78, 5) is 43.8. The van der Waals surface area contributed by atoms with Crippen molar-refractivity contribution in [1.82, 2.24) is 9.47 Å². The van der Waals surface area contributed by atoms with Gasteiger partial charge in [-0.2, -0.15) is 4.99 Å². The second-order valence-electron chi connectivity index (χ2n) is 7.82. The van der Waals surface area contributed by atoms with Crippen molar-refractivity contribution in [2.24, 2.45) is 28.7 Å². The third-order valence-electron chi connectivity index (χ3n) is 6.09. The highest BCUT2D eigenvalue weighted by atomic mass is 35.5. The van der Waals surface area contributed by atoms with Crippen LogP contribution < -0.4 is 4.80 Å². The van der Waals surface area contributed by atoms with E-state index in [1.165, 1.54) is 11.3 Å². The maximum atomic E-state index is 12.7. The quantitative estimate of drug-likeness (QED) is 0.518. The van der Waals surface area contributed by atoms with Crippen LogP contribution in [-0.2, 0) is 20.9 Å². The van der Waals surface area contributed by atoms with E-state index in [0.717, 1.165) is 16.9 Å². The molecule has 5 rings (SSSR count). The highest BCUT2D eigenvalue weighted by Crippen LogP contribution is 2.52. The summed E-state index contributed by atoms with van der Waals surface area (Å²) in [6.07, 6.45) is 6.73. The number of likely N-dealkylation sites (tertiary alicyclic amines) is 1. The third-order valence-corrected chi connectivity index (χ3v) is 7.47. The van der Waals surface area contributed by atoms with Crippen LogP contribution in [0, 0.1) is 23.7 Å². The van der Waals surface area contributed by atoms with Crippen molar-refractivity contribution in [3.8, 4) is 0 Å². The monoisotopic (exact) mass is 461 g/mol. The lowest BCUT2D eigenvalue weighted by Crippen LogP contribution is -2.37. The van der Waals surface area contributed by atoms with Crippen LogP contribution in [0.25, 0.3) is 0 Å². The SMILES string of the molecule is O=C(CN1C(=O)C2C3C=CC(C3)C2C1=O)N=c1sccn1Cc1ccc(Cl)cc1Cl. The molecule has 0 N–H and O–H groups in total. The number of benzene rings is 1. The van der Waals surface area contributed by atoms with Crippen LogP contribution in [0.4, 0.5) is 0 Å². The first-order chi connectivity index (χ1) is 14.4. The Bertz CT molecular complexity index is 1140. The fraction of sp³-hybridized carbons (Fsp3) is 0.333. The van der Waals surface area contributed by atoms with E-state index in [0.29, 0.717) is 21.4 Å². The summed E-state index contributed by atoms with van der Waals surface area (Å²) in [6.45, 7) is 0.107. The second-order valence-corrected chi connectivity index (χ2v) is 9.53. The molecule has 2 aliphatic carbocycles. The molecule has 3 aliphatic rings. The van der Waals surface area contributed by atoms with E-state index in [9.17, 15) is 14.4 Å². The Labute approximate surface area is 186 Å². The Kier molecular flexibility index (Phi) is 4.92. The summed E-state index contributed by atoms with van der Waals surface area (Å²) < 4.78 is 1.80. The number of hydrogen-bond donors (Lipinski definition) is 0. The van der Waals surface area contributed by atoms with Gasteiger partial charge in [-0.3, -0.25) is 19.3 Å². The molecule has 2 fully saturated rings. The zero-order chi connectivity index (χ0) is 21.0. The minimum absolute atomic E-state index is 0.122. The molecule has 154 valence electrons. The Morgan fingerprint density at radius 2 is 1.83 bits per heavy atom. The molecule has 3 amide bonds. The van der Waals surface area contributed by atoms with E-state index >= 15 is 0 Å². The zero-order valence-electron chi connectivity index (χ0n) is 15.7. The van der Waals surface area contributed by atoms with Gasteiger partial charge in [0.05, 0.1) is 18.4 Å². The summed E-state index contributed by atoms with van der Waals surface area (Å²) in [5.74, 6) is -1.36. The molecule has 1 aromatic heterocycles. The molecule has 2 heterocycles. The van der Waals surface area contributed by atoms with E-state index in [4.69, 9.17) is 23.2 Å². The second kappa shape index (κ2) is 7.48. The number of allylic oxidation sites excluding steroid dienone is 2. The van der Waals surface area contributed by atoms with Gasteiger partial charge in [-0.25, -0.2) is 0 Å². The van der Waals surface area contributed by atoms with Crippen LogP contribution in [0.1, 0.15) is 12.0 Å². The van der Waals surface area contributed by atoms with Gasteiger partial charge in [0.2, 0.25) is 11.8 Å². The minimum Gasteiger partial charge on any atom is -0.319 e. The van der Waals surface area contributed by atoms with Gasteiger partial charge in [0.15, 0.2) is 4.80 Å². The van der Waals surface area contributed by atoms with Crippen molar-refractivity contribution < 1.29 is 14.4 Å². The summed E-state index contributed by atoms with van der Waals surface area (Å²) in [7, 11) is 0. The molecule has 2 bridgehead atoms. The fourth-order valence-electron chi connectivity index (χ4n) is 4.74. The molecule has 0 radical (unpaired) electrons. The van der Waals surface area contributed by atoms with Crippen LogP contribution in [0.5, 0.6) is 0 Å². The van der Waals surface area contributed by atoms with Crippen molar-refractivity contribution in [3.63, 3.8) is 0 Å². The van der Waals surface area contributed by atoms with Gasteiger partial charge in [-0.15, -0.1) is 11.3 Å². The molecule has 9 heteroatoms. The third kappa shape index (κ3) is 3.25. The molecule has 4 unspecified atom stereocenters. The summed E-state index contributed by atoms with van der Waals surface area (Å²) in [5.41, 5.74) is 0.842. The van der Waals surface area contributed by atoms with E-state index in [2.05, 4.69) is 4.99 Å². The van der Waals surface area contributed by atoms with Crippen LogP contribution in [-0.4, -0.2) is 33.7 Å². The summed E-state index contributed by atoms with van der Waals surface area (Å²) in [5, 5.41) is 2.89. The average Bonchev–Trinajstić information content (AvgIpc) is 3.46. The van der Waals surface area contributed by atoms with Crippen LogP contribution in [0.2, 0.25) is 10.0 Å². The minimum atomic E-state index is -0.518. The molecule has 1 saturated carbocycles. The van der Waals surface area contributed by atoms with Gasteiger partial charge in [0.1, 0.15) is 6.54 Å². The number of aromatic nitrogens is 1. The van der Waals surface area contributed by atoms with Crippen molar-refractivity contribution in [3.05, 3.63) is 62.3 Å². The zero-order valence-corrected chi connectivity index (χ0v) is 18.0. The first-order valence-corrected chi connectivity index (χ1v) is 11.2. The fourth-order valence-corrected chi connectivity index (χ4v) is 5.95. The molecule has 1 aromatic carbocycles. The first-order valence-electron chi connectivity index (χ1n) is 9.61. The van der Waals surface area contributed by atoms with Gasteiger partial charge in [0, 0.05) is 21.6 Å². The molecule has 0 spiro atoms. The number of imide groups is 1. The lowest BCUT2D eigenvalue weighted by Gasteiger charge is -2.14. The molecule has 1 saturated heterocycles. The Balaban J connectivity index is 1.33. The van der Waals surface area contributed by atoms with Crippen molar-refractivity contribution in [2.75, 3.05) is 6.54 Å². The number of amides is 3. The Morgan fingerprint density at radius 3 is 2.50 bits per heavy atom. The number of carbonyl (C=O) groups is 3. The molecule has 4 atom stereocenters. The van der Waals surface area contributed by atoms with Gasteiger partial charge in [-0.05, 0) is 36.0 Å². The maximum absolute atomic E-state index is 12.7. The van der Waals surface area contributed by atoms with E-state index in [1.807, 2.05) is 29.8 Å². The normalized spacial score (nSPS) is 27.4. The number of fused-ring (bicyclic) bond motifs is 5. The van der Waals surface area contributed by atoms with Crippen molar-refractivity contribution >= 4 is 52.3 Å². The number of rotatable bonds is 4. The lowest BCUT2D eigenvalue weighted by atomic mass is 9.85. The van der Waals surface area contributed by atoms with Crippen LogP contribution >= 0.6 is 34.5 Å². The van der Waals surface area contributed by atoms with E-state index < -0.39 is 5.91 Å². The van der Waals surface area contributed by atoms with Crippen molar-refractivity contribution in [1.29, 1.82) is 0 Å². The smallest absolute Gasteiger partial charge is 0.268 e. The van der Waals surface area contributed by atoms with Crippen LogP contribution in [0.3, 0.4) is 0 Å². The Morgan fingerprint density at radius 1 is 1.13 bits per heavy atom. The molecule has 1 aliphatic heterocycles. The standard InChI is InChI=1S/C21H17Cl2N3O3S/c22-14-4-3-13(15(23)8-14)9-25-5-6-30-21(25)24-16(27)10-26-19(28)17-11-1-2-12(7-11)18(17)20(26)29/h1-6,8,11-12,17-18H,7,9-10H2. The van der Waals surface area contributed by atoms with E-state index in [1.54, 1.807) is 16.7 Å². The largest absolute Gasteiger partial charge is 0.319 e. The number of halogens is 2. The predicted octanol–water partition coefficient (Wildman–Crippen LogP) is 3.14. The van der Waals surface area contributed by atoms with Gasteiger partial charge < -0.3 is 4.57 Å². The Hall–Kier alpha value is -2.22. The number of hydrogen-bond acceptors (Lipinski definition) is 4. The summed E-state index contributed by atoms with van der Waals surface area (Å²) >= 11 is 13.5. The lowest BCUT2D eigenvalue weighted by molar-refractivity contribution is -0.143.